The Morgan fingerprint density at radius 1 is 1.03 bits per heavy atom. The summed E-state index contributed by atoms with van der Waals surface area (Å²) in [5.41, 5.74) is 2.49. The molecule has 0 radical (unpaired) electrons. The summed E-state index contributed by atoms with van der Waals surface area (Å²) in [5.74, 6) is 1.45. The molecular weight excluding hydrogens is 496 g/mol. The van der Waals surface area contributed by atoms with E-state index in [4.69, 9.17) is 18.3 Å². The van der Waals surface area contributed by atoms with Crippen LogP contribution < -0.4 is 4.74 Å². The Morgan fingerprint density at radius 3 is 2.27 bits per heavy atom. The zero-order valence-electron chi connectivity index (χ0n) is 25.3. The number of rotatable bonds is 10. The van der Waals surface area contributed by atoms with E-state index < -0.39 is 16.6 Å². The molecule has 0 spiro atoms. The van der Waals surface area contributed by atoms with Crippen molar-refractivity contribution in [2.75, 3.05) is 13.2 Å². The predicted octanol–water partition coefficient (Wildman–Crippen LogP) is 7.85. The molecule has 1 fully saturated rings. The fourth-order valence-electron chi connectivity index (χ4n) is 5.05. The standard InChI is InChI=1S/C30H52O5Si2/c1-12-32-26(31)18-14-16-21-15-13-17-22-27-23(20-33-36(8,9)29(2,3)4)24(19-25(27)34-28(21)22)35-37(10,11)30(5,6)7/h13,15,17,23-25,27H,12,14,16,18-20H2,1-11H3/t23-,24+,25-,27+/m0/s1. The molecule has 1 saturated carbocycles. The molecule has 0 unspecified atom stereocenters. The van der Waals surface area contributed by atoms with E-state index in [1.165, 1.54) is 11.1 Å². The number of hydrogen-bond donors (Lipinski definition) is 0. The van der Waals surface area contributed by atoms with Crippen molar-refractivity contribution in [3.05, 3.63) is 29.3 Å². The lowest BCUT2D eigenvalue weighted by atomic mass is 9.87. The van der Waals surface area contributed by atoms with E-state index in [1.807, 2.05) is 6.92 Å². The van der Waals surface area contributed by atoms with Crippen LogP contribution in [0.4, 0.5) is 0 Å². The second-order valence-corrected chi connectivity index (χ2v) is 23.6. The first-order chi connectivity index (χ1) is 17.0. The quantitative estimate of drug-likeness (QED) is 0.220. The Morgan fingerprint density at radius 2 is 1.68 bits per heavy atom. The van der Waals surface area contributed by atoms with Gasteiger partial charge in [0.05, 0.1) is 12.7 Å². The number of benzene rings is 1. The number of hydrogen-bond acceptors (Lipinski definition) is 5. The molecular formula is C30H52O5Si2. The molecule has 1 aliphatic carbocycles. The molecule has 1 aromatic rings. The van der Waals surface area contributed by atoms with Crippen LogP contribution in [-0.4, -0.2) is 48.0 Å². The highest BCUT2D eigenvalue weighted by molar-refractivity contribution is 6.74. The Labute approximate surface area is 228 Å². The van der Waals surface area contributed by atoms with E-state index in [0.29, 0.717) is 19.6 Å². The molecule has 0 amide bonds. The molecule has 5 nitrogen and oxygen atoms in total. The van der Waals surface area contributed by atoms with Crippen LogP contribution in [0, 0.1) is 5.92 Å². The van der Waals surface area contributed by atoms with Crippen LogP contribution in [0.25, 0.3) is 0 Å². The van der Waals surface area contributed by atoms with Crippen molar-refractivity contribution < 1.29 is 23.1 Å². The van der Waals surface area contributed by atoms with Crippen molar-refractivity contribution >= 4 is 22.6 Å². The zero-order chi connectivity index (χ0) is 27.8. The summed E-state index contributed by atoms with van der Waals surface area (Å²) in [5, 5.41) is 0.317. The summed E-state index contributed by atoms with van der Waals surface area (Å²) in [7, 11) is -3.86. The third-order valence-corrected chi connectivity index (χ3v) is 18.4. The topological polar surface area (TPSA) is 54.0 Å². The van der Waals surface area contributed by atoms with Crippen molar-refractivity contribution in [2.45, 2.75) is 129 Å². The summed E-state index contributed by atoms with van der Waals surface area (Å²) in [6.07, 6.45) is 3.18. The highest BCUT2D eigenvalue weighted by atomic mass is 28.4. The fraction of sp³-hybridized carbons (Fsp3) is 0.767. The molecule has 2 aliphatic rings. The number of esters is 1. The van der Waals surface area contributed by atoms with Gasteiger partial charge < -0.3 is 18.3 Å². The van der Waals surface area contributed by atoms with E-state index in [0.717, 1.165) is 25.0 Å². The van der Waals surface area contributed by atoms with E-state index in [1.54, 1.807) is 0 Å². The molecule has 0 aromatic heterocycles. The minimum absolute atomic E-state index is 0.115. The van der Waals surface area contributed by atoms with Crippen LogP contribution in [0.3, 0.4) is 0 Å². The average Bonchev–Trinajstić information content (AvgIpc) is 3.26. The third kappa shape index (κ3) is 6.71. The summed E-state index contributed by atoms with van der Waals surface area (Å²) in [6.45, 7) is 26.2. The molecule has 0 N–H and O–H groups in total. The highest BCUT2D eigenvalue weighted by Crippen LogP contribution is 2.54. The SMILES string of the molecule is CCOC(=O)CCCc1cccc2c1O[C@H]1C[C@@H](O[Si](C)(C)C(C)(C)C)[C@H](CO[Si](C)(C)C(C)(C)C)[C@@H]21. The molecule has 37 heavy (non-hydrogen) atoms. The van der Waals surface area contributed by atoms with Gasteiger partial charge in [-0.2, -0.15) is 0 Å². The normalized spacial score (nSPS) is 24.0. The maximum Gasteiger partial charge on any atom is 0.305 e. The lowest BCUT2D eigenvalue weighted by molar-refractivity contribution is -0.143. The fourth-order valence-corrected chi connectivity index (χ4v) is 7.47. The van der Waals surface area contributed by atoms with Crippen LogP contribution in [-0.2, 0) is 24.8 Å². The maximum atomic E-state index is 11.8. The van der Waals surface area contributed by atoms with Gasteiger partial charge in [-0.25, -0.2) is 0 Å². The Bertz CT molecular complexity index is 944. The molecule has 1 aliphatic heterocycles. The van der Waals surface area contributed by atoms with E-state index in [-0.39, 0.29) is 40.1 Å². The summed E-state index contributed by atoms with van der Waals surface area (Å²) in [6, 6.07) is 6.54. The number of ether oxygens (including phenoxy) is 2. The summed E-state index contributed by atoms with van der Waals surface area (Å²) < 4.78 is 25.7. The summed E-state index contributed by atoms with van der Waals surface area (Å²) in [4.78, 5) is 11.8. The monoisotopic (exact) mass is 548 g/mol. The largest absolute Gasteiger partial charge is 0.489 e. The number of para-hydroxylation sites is 1. The van der Waals surface area contributed by atoms with Gasteiger partial charge in [-0.15, -0.1) is 0 Å². The first kappa shape index (κ1) is 30.4. The van der Waals surface area contributed by atoms with E-state index in [9.17, 15) is 4.79 Å². The first-order valence-electron chi connectivity index (χ1n) is 14.2. The lowest BCUT2D eigenvalue weighted by Crippen LogP contribution is -2.47. The van der Waals surface area contributed by atoms with Crippen LogP contribution in [0.2, 0.25) is 36.3 Å². The molecule has 1 heterocycles. The van der Waals surface area contributed by atoms with Gasteiger partial charge in [0.2, 0.25) is 0 Å². The zero-order valence-corrected chi connectivity index (χ0v) is 27.3. The van der Waals surface area contributed by atoms with Crippen molar-refractivity contribution in [3.63, 3.8) is 0 Å². The number of carbonyl (C=O) groups is 1. The van der Waals surface area contributed by atoms with Gasteiger partial charge in [0.1, 0.15) is 11.9 Å². The molecule has 210 valence electrons. The summed E-state index contributed by atoms with van der Waals surface area (Å²) >= 11 is 0. The van der Waals surface area contributed by atoms with Gasteiger partial charge in [0, 0.05) is 36.8 Å². The Kier molecular flexibility index (Phi) is 9.15. The van der Waals surface area contributed by atoms with Gasteiger partial charge in [-0.3, -0.25) is 4.79 Å². The van der Waals surface area contributed by atoms with Gasteiger partial charge >= 0.3 is 5.97 Å². The van der Waals surface area contributed by atoms with Crippen molar-refractivity contribution in [2.24, 2.45) is 5.92 Å². The molecule has 7 heteroatoms. The van der Waals surface area contributed by atoms with Crippen LogP contribution in [0.15, 0.2) is 18.2 Å². The minimum atomic E-state index is -1.95. The number of carbonyl (C=O) groups excluding carboxylic acids is 1. The predicted molar refractivity (Wildman–Crippen MR) is 156 cm³/mol. The van der Waals surface area contributed by atoms with Gasteiger partial charge in [-0.1, -0.05) is 59.7 Å². The van der Waals surface area contributed by atoms with Gasteiger partial charge in [-0.05, 0) is 61.6 Å². The molecule has 0 saturated heterocycles. The van der Waals surface area contributed by atoms with Gasteiger partial charge in [0.15, 0.2) is 16.6 Å². The highest BCUT2D eigenvalue weighted by Gasteiger charge is 2.54. The third-order valence-electron chi connectivity index (χ3n) is 9.39. The Balaban J connectivity index is 1.86. The van der Waals surface area contributed by atoms with Crippen molar-refractivity contribution in [1.29, 1.82) is 0 Å². The lowest BCUT2D eigenvalue weighted by Gasteiger charge is -2.42. The van der Waals surface area contributed by atoms with Crippen LogP contribution in [0.1, 0.15) is 84.8 Å². The second-order valence-electron chi connectivity index (χ2n) is 14.1. The van der Waals surface area contributed by atoms with Crippen LogP contribution in [0.5, 0.6) is 5.75 Å². The van der Waals surface area contributed by atoms with E-state index in [2.05, 4.69) is 85.9 Å². The van der Waals surface area contributed by atoms with Crippen molar-refractivity contribution in [3.8, 4) is 5.75 Å². The van der Waals surface area contributed by atoms with E-state index >= 15 is 0 Å². The first-order valence-corrected chi connectivity index (χ1v) is 20.1. The molecule has 4 atom stereocenters. The smallest absolute Gasteiger partial charge is 0.305 e. The van der Waals surface area contributed by atoms with Crippen molar-refractivity contribution in [1.82, 2.24) is 0 Å². The average molecular weight is 549 g/mol. The van der Waals surface area contributed by atoms with Gasteiger partial charge in [0.25, 0.3) is 0 Å². The molecule has 1 aromatic carbocycles. The molecule has 3 rings (SSSR count). The van der Waals surface area contributed by atoms with Crippen LogP contribution >= 0.6 is 0 Å². The number of fused-ring (bicyclic) bond motifs is 3. The maximum absolute atomic E-state index is 11.8. The molecule has 0 bridgehead atoms. The number of aryl methyl sites for hydroxylation is 1. The minimum Gasteiger partial charge on any atom is -0.489 e. The second kappa shape index (κ2) is 11.1. The Hall–Kier alpha value is -1.16.